The van der Waals surface area contributed by atoms with Gasteiger partial charge >= 0.3 is 0 Å². The highest BCUT2D eigenvalue weighted by Crippen LogP contribution is 2.24. The molecule has 2 heteroatoms. The van der Waals surface area contributed by atoms with E-state index in [1.165, 1.54) is 16.7 Å². The molecule has 23 heavy (non-hydrogen) atoms. The molecule has 3 aromatic carbocycles. The Morgan fingerprint density at radius 3 is 1.74 bits per heavy atom. The summed E-state index contributed by atoms with van der Waals surface area (Å²) < 4.78 is 0. The van der Waals surface area contributed by atoms with E-state index in [4.69, 9.17) is 0 Å². The first-order valence-electron chi connectivity index (χ1n) is 7.88. The van der Waals surface area contributed by atoms with Crippen molar-refractivity contribution in [2.45, 2.75) is 20.8 Å². The van der Waals surface area contributed by atoms with Crippen LogP contribution in [0, 0.1) is 20.8 Å². The standard InChI is InChI=1S/C21H22N2/c1-15-12-16(2)14-20(13-15)22-18-8-10-19(11-9-18)23-21-7-5-4-6-17(21)3/h4-14,22-23H,1-3H3. The van der Waals surface area contributed by atoms with Crippen LogP contribution in [0.5, 0.6) is 0 Å². The van der Waals surface area contributed by atoms with Crippen molar-refractivity contribution in [3.8, 4) is 0 Å². The van der Waals surface area contributed by atoms with E-state index in [1.807, 2.05) is 6.07 Å². The molecule has 0 bridgehead atoms. The van der Waals surface area contributed by atoms with Gasteiger partial charge in [0.15, 0.2) is 0 Å². The van der Waals surface area contributed by atoms with E-state index in [0.29, 0.717) is 0 Å². The number of anilines is 4. The summed E-state index contributed by atoms with van der Waals surface area (Å²) >= 11 is 0. The topological polar surface area (TPSA) is 24.1 Å². The molecule has 2 N–H and O–H groups in total. The van der Waals surface area contributed by atoms with Gasteiger partial charge < -0.3 is 10.6 Å². The Bertz CT molecular complexity index is 784. The molecule has 0 saturated heterocycles. The molecular weight excluding hydrogens is 280 g/mol. The zero-order valence-electron chi connectivity index (χ0n) is 13.9. The Morgan fingerprint density at radius 2 is 1.13 bits per heavy atom. The minimum atomic E-state index is 1.09. The molecule has 2 nitrogen and oxygen atoms in total. The molecule has 0 heterocycles. The van der Waals surface area contributed by atoms with Crippen LogP contribution in [0.2, 0.25) is 0 Å². The summed E-state index contributed by atoms with van der Waals surface area (Å²) in [7, 11) is 0. The van der Waals surface area contributed by atoms with E-state index < -0.39 is 0 Å². The van der Waals surface area contributed by atoms with Gasteiger partial charge in [-0.25, -0.2) is 0 Å². The quantitative estimate of drug-likeness (QED) is 0.608. The smallest absolute Gasteiger partial charge is 0.0413 e. The van der Waals surface area contributed by atoms with Gasteiger partial charge in [0.05, 0.1) is 0 Å². The lowest BCUT2D eigenvalue weighted by molar-refractivity contribution is 1.37. The van der Waals surface area contributed by atoms with Crippen LogP contribution in [-0.2, 0) is 0 Å². The van der Waals surface area contributed by atoms with E-state index >= 15 is 0 Å². The Morgan fingerprint density at radius 1 is 0.565 bits per heavy atom. The Labute approximate surface area is 138 Å². The van der Waals surface area contributed by atoms with Crippen LogP contribution in [0.3, 0.4) is 0 Å². The number of rotatable bonds is 4. The largest absolute Gasteiger partial charge is 0.356 e. The van der Waals surface area contributed by atoms with Crippen LogP contribution in [0.1, 0.15) is 16.7 Å². The number of aryl methyl sites for hydroxylation is 3. The average Bonchev–Trinajstić information content (AvgIpc) is 2.50. The lowest BCUT2D eigenvalue weighted by Gasteiger charge is -2.12. The van der Waals surface area contributed by atoms with Gasteiger partial charge in [0, 0.05) is 22.7 Å². The second kappa shape index (κ2) is 6.57. The summed E-state index contributed by atoms with van der Waals surface area (Å²) in [5.74, 6) is 0. The second-order valence-corrected chi connectivity index (χ2v) is 6.02. The summed E-state index contributed by atoms with van der Waals surface area (Å²) in [6.07, 6.45) is 0. The number of hydrogen-bond acceptors (Lipinski definition) is 2. The normalized spacial score (nSPS) is 10.4. The third kappa shape index (κ3) is 3.92. The summed E-state index contributed by atoms with van der Waals surface area (Å²) in [6, 6.07) is 23.2. The van der Waals surface area contributed by atoms with Crippen LogP contribution < -0.4 is 10.6 Å². The molecule has 0 aliphatic heterocycles. The number of hydrogen-bond donors (Lipinski definition) is 2. The maximum Gasteiger partial charge on any atom is 0.0413 e. The van der Waals surface area contributed by atoms with Crippen molar-refractivity contribution in [1.29, 1.82) is 0 Å². The van der Waals surface area contributed by atoms with Gasteiger partial charge in [0.2, 0.25) is 0 Å². The fourth-order valence-electron chi connectivity index (χ4n) is 2.72. The summed E-state index contributed by atoms with van der Waals surface area (Å²) in [4.78, 5) is 0. The highest BCUT2D eigenvalue weighted by molar-refractivity contribution is 5.67. The van der Waals surface area contributed by atoms with Crippen molar-refractivity contribution in [3.05, 3.63) is 83.4 Å². The van der Waals surface area contributed by atoms with Gasteiger partial charge in [-0.2, -0.15) is 0 Å². The van der Waals surface area contributed by atoms with Crippen LogP contribution >= 0.6 is 0 Å². The minimum absolute atomic E-state index is 1.09. The molecule has 0 aliphatic carbocycles. The van der Waals surface area contributed by atoms with E-state index in [0.717, 1.165) is 22.7 Å². The summed E-state index contributed by atoms with van der Waals surface area (Å²) in [5, 5.41) is 6.91. The van der Waals surface area contributed by atoms with E-state index in [1.54, 1.807) is 0 Å². The predicted molar refractivity (Wildman–Crippen MR) is 100 cm³/mol. The SMILES string of the molecule is Cc1cc(C)cc(Nc2ccc(Nc3ccccc3C)cc2)c1. The molecule has 0 fully saturated rings. The molecule has 3 rings (SSSR count). The lowest BCUT2D eigenvalue weighted by atomic mass is 10.1. The van der Waals surface area contributed by atoms with Crippen molar-refractivity contribution in [3.63, 3.8) is 0 Å². The van der Waals surface area contributed by atoms with Gasteiger partial charge in [0.1, 0.15) is 0 Å². The Balaban J connectivity index is 1.73. The maximum atomic E-state index is 3.46. The van der Waals surface area contributed by atoms with Gasteiger partial charge in [0.25, 0.3) is 0 Å². The van der Waals surface area contributed by atoms with Gasteiger partial charge in [-0.1, -0.05) is 24.3 Å². The number of nitrogens with one attached hydrogen (secondary N) is 2. The predicted octanol–water partition coefficient (Wildman–Crippen LogP) is 6.10. The van der Waals surface area contributed by atoms with Crippen LogP contribution in [0.15, 0.2) is 66.7 Å². The van der Waals surface area contributed by atoms with Gasteiger partial charge in [-0.3, -0.25) is 0 Å². The molecular formula is C21H22N2. The monoisotopic (exact) mass is 302 g/mol. The molecule has 0 saturated carbocycles. The molecule has 0 spiro atoms. The van der Waals surface area contributed by atoms with Crippen LogP contribution in [0.25, 0.3) is 0 Å². The van der Waals surface area contributed by atoms with Crippen LogP contribution in [0.4, 0.5) is 22.7 Å². The zero-order chi connectivity index (χ0) is 16.2. The molecule has 0 amide bonds. The lowest BCUT2D eigenvalue weighted by Crippen LogP contribution is -1.94. The van der Waals surface area contributed by atoms with E-state index in [2.05, 4.69) is 92.1 Å². The first-order valence-corrected chi connectivity index (χ1v) is 7.88. The van der Waals surface area contributed by atoms with Crippen LogP contribution in [-0.4, -0.2) is 0 Å². The molecule has 0 unspecified atom stereocenters. The maximum absolute atomic E-state index is 3.46. The first-order chi connectivity index (χ1) is 11.1. The van der Waals surface area contributed by atoms with Crippen molar-refractivity contribution in [2.75, 3.05) is 10.6 Å². The first kappa shape index (κ1) is 15.2. The minimum Gasteiger partial charge on any atom is -0.356 e. The van der Waals surface area contributed by atoms with Crippen molar-refractivity contribution >= 4 is 22.7 Å². The summed E-state index contributed by atoms with van der Waals surface area (Å²) in [6.45, 7) is 6.35. The highest BCUT2D eigenvalue weighted by Gasteiger charge is 2.00. The fourth-order valence-corrected chi connectivity index (χ4v) is 2.72. The summed E-state index contributed by atoms with van der Waals surface area (Å²) in [5.41, 5.74) is 8.22. The third-order valence-electron chi connectivity index (χ3n) is 3.82. The molecule has 116 valence electrons. The third-order valence-corrected chi connectivity index (χ3v) is 3.82. The fraction of sp³-hybridized carbons (Fsp3) is 0.143. The van der Waals surface area contributed by atoms with E-state index in [-0.39, 0.29) is 0 Å². The number of benzene rings is 3. The van der Waals surface area contributed by atoms with E-state index in [9.17, 15) is 0 Å². The Hall–Kier alpha value is -2.74. The zero-order valence-corrected chi connectivity index (χ0v) is 13.9. The molecule has 3 aromatic rings. The molecule has 0 aliphatic rings. The van der Waals surface area contributed by atoms with Crippen molar-refractivity contribution in [2.24, 2.45) is 0 Å². The Kier molecular flexibility index (Phi) is 4.33. The van der Waals surface area contributed by atoms with Crippen molar-refractivity contribution in [1.82, 2.24) is 0 Å². The average molecular weight is 302 g/mol. The van der Waals surface area contributed by atoms with Gasteiger partial charge in [-0.05, 0) is 79.9 Å². The van der Waals surface area contributed by atoms with Gasteiger partial charge in [-0.15, -0.1) is 0 Å². The number of para-hydroxylation sites is 1. The van der Waals surface area contributed by atoms with Crippen molar-refractivity contribution < 1.29 is 0 Å². The molecule has 0 atom stereocenters. The molecule has 0 aromatic heterocycles. The second-order valence-electron chi connectivity index (χ2n) is 6.02. The molecule has 0 radical (unpaired) electrons. The highest BCUT2D eigenvalue weighted by atomic mass is 14.9.